The van der Waals surface area contributed by atoms with Crippen molar-refractivity contribution >= 4 is 35.2 Å². The van der Waals surface area contributed by atoms with Crippen LogP contribution in [0, 0.1) is 0 Å². The molecule has 2 aromatic carbocycles. The fourth-order valence-electron chi connectivity index (χ4n) is 2.12. The largest absolute Gasteiger partial charge is 0.495 e. The van der Waals surface area contributed by atoms with Crippen molar-refractivity contribution in [1.29, 1.82) is 0 Å². The first-order chi connectivity index (χ1) is 11.9. The molecule has 0 aliphatic carbocycles. The van der Waals surface area contributed by atoms with Gasteiger partial charge in [0, 0.05) is 30.8 Å². The normalized spacial score (nSPS) is 10.6. The third kappa shape index (κ3) is 5.09. The Bertz CT molecular complexity index is 799. The molecule has 25 heavy (non-hydrogen) atoms. The van der Waals surface area contributed by atoms with Crippen molar-refractivity contribution in [3.63, 3.8) is 0 Å². The van der Waals surface area contributed by atoms with Crippen LogP contribution in [0.25, 0.3) is 6.08 Å². The summed E-state index contributed by atoms with van der Waals surface area (Å²) in [5.74, 6) is 0.146. The van der Waals surface area contributed by atoms with E-state index in [1.165, 1.54) is 18.1 Å². The summed E-state index contributed by atoms with van der Waals surface area (Å²) in [6.07, 6.45) is 3.07. The number of hydrogen-bond donors (Lipinski definition) is 1. The fraction of sp³-hybridized carbons (Fsp3) is 0.158. The number of benzene rings is 2. The summed E-state index contributed by atoms with van der Waals surface area (Å²) in [5, 5.41) is 3.22. The van der Waals surface area contributed by atoms with E-state index in [1.807, 2.05) is 0 Å². The zero-order chi connectivity index (χ0) is 18.4. The summed E-state index contributed by atoms with van der Waals surface area (Å²) in [6, 6.07) is 12.0. The smallest absolute Gasteiger partial charge is 0.253 e. The van der Waals surface area contributed by atoms with Crippen molar-refractivity contribution in [2.24, 2.45) is 0 Å². The molecule has 0 radical (unpaired) electrons. The number of nitrogens with one attached hydrogen (secondary N) is 1. The first-order valence-electron chi connectivity index (χ1n) is 7.55. The van der Waals surface area contributed by atoms with Crippen molar-refractivity contribution < 1.29 is 14.3 Å². The zero-order valence-corrected chi connectivity index (χ0v) is 15.0. The summed E-state index contributed by atoms with van der Waals surface area (Å²) in [6.45, 7) is 0. The van der Waals surface area contributed by atoms with Crippen molar-refractivity contribution in [2.75, 3.05) is 26.5 Å². The molecule has 0 spiro atoms. The first-order valence-corrected chi connectivity index (χ1v) is 7.93. The van der Waals surface area contributed by atoms with Crippen LogP contribution in [0.3, 0.4) is 0 Å². The van der Waals surface area contributed by atoms with Gasteiger partial charge in [0.1, 0.15) is 5.75 Å². The topological polar surface area (TPSA) is 58.6 Å². The molecule has 5 nitrogen and oxygen atoms in total. The number of carbonyl (C=O) groups is 2. The van der Waals surface area contributed by atoms with Crippen LogP contribution >= 0.6 is 11.6 Å². The summed E-state index contributed by atoms with van der Waals surface area (Å²) >= 11 is 5.94. The monoisotopic (exact) mass is 358 g/mol. The number of ether oxygens (including phenoxy) is 1. The molecule has 2 rings (SSSR count). The fourth-order valence-corrected chi connectivity index (χ4v) is 2.29. The average molecular weight is 359 g/mol. The lowest BCUT2D eigenvalue weighted by Gasteiger charge is -2.10. The molecule has 0 aliphatic heterocycles. The second-order valence-electron chi connectivity index (χ2n) is 5.49. The molecule has 6 heteroatoms. The van der Waals surface area contributed by atoms with Crippen LogP contribution in [-0.4, -0.2) is 37.9 Å². The number of carbonyl (C=O) groups excluding carboxylic acids is 2. The number of halogens is 1. The second kappa shape index (κ2) is 8.35. The predicted octanol–water partition coefficient (Wildman–Crippen LogP) is 3.70. The van der Waals surface area contributed by atoms with Crippen LogP contribution in [0.5, 0.6) is 5.75 Å². The van der Waals surface area contributed by atoms with Gasteiger partial charge in [-0.25, -0.2) is 0 Å². The molecular formula is C19H19ClN2O3. The van der Waals surface area contributed by atoms with Gasteiger partial charge in [-0.2, -0.15) is 0 Å². The van der Waals surface area contributed by atoms with Crippen LogP contribution in [0.15, 0.2) is 48.5 Å². The number of amides is 2. The second-order valence-corrected chi connectivity index (χ2v) is 5.93. The highest BCUT2D eigenvalue weighted by Gasteiger charge is 2.08. The van der Waals surface area contributed by atoms with Gasteiger partial charge in [-0.05, 0) is 42.0 Å². The van der Waals surface area contributed by atoms with Gasteiger partial charge in [-0.15, -0.1) is 0 Å². The molecule has 0 saturated carbocycles. The lowest BCUT2D eigenvalue weighted by molar-refractivity contribution is -0.111. The number of rotatable bonds is 5. The third-order valence-electron chi connectivity index (χ3n) is 3.41. The molecule has 0 fully saturated rings. The van der Waals surface area contributed by atoms with Crippen molar-refractivity contribution in [3.05, 3.63) is 64.7 Å². The Morgan fingerprint density at radius 3 is 2.40 bits per heavy atom. The lowest BCUT2D eigenvalue weighted by atomic mass is 10.1. The van der Waals surface area contributed by atoms with E-state index in [0.717, 1.165) is 5.56 Å². The van der Waals surface area contributed by atoms with E-state index in [0.29, 0.717) is 22.0 Å². The van der Waals surface area contributed by atoms with Crippen molar-refractivity contribution in [2.45, 2.75) is 0 Å². The zero-order valence-electron chi connectivity index (χ0n) is 14.2. The molecule has 130 valence electrons. The van der Waals surface area contributed by atoms with Gasteiger partial charge >= 0.3 is 0 Å². The minimum absolute atomic E-state index is 0.0682. The Morgan fingerprint density at radius 1 is 1.12 bits per heavy atom. The van der Waals surface area contributed by atoms with Crippen LogP contribution in [0.4, 0.5) is 5.69 Å². The summed E-state index contributed by atoms with van der Waals surface area (Å²) < 4.78 is 5.19. The summed E-state index contributed by atoms with van der Waals surface area (Å²) in [5.41, 5.74) is 1.90. The molecule has 2 amide bonds. The number of methoxy groups -OCH3 is 1. The molecule has 0 saturated heterocycles. The van der Waals surface area contributed by atoms with Gasteiger partial charge in [0.2, 0.25) is 5.91 Å². The Labute approximate surface area is 151 Å². The van der Waals surface area contributed by atoms with Crippen LogP contribution in [-0.2, 0) is 4.79 Å². The van der Waals surface area contributed by atoms with Crippen LogP contribution < -0.4 is 10.1 Å². The standard InChI is InChI=1S/C19H19ClN2O3/c1-22(2)19(24)14-7-4-13(5-8-14)6-11-18(23)21-16-12-15(20)9-10-17(16)25-3/h4-12H,1-3H3,(H,21,23)/b11-6+. The summed E-state index contributed by atoms with van der Waals surface area (Å²) in [4.78, 5) is 25.4. The molecule has 0 atom stereocenters. The Morgan fingerprint density at radius 2 is 1.80 bits per heavy atom. The predicted molar refractivity (Wildman–Crippen MR) is 100 cm³/mol. The number of anilines is 1. The van der Waals surface area contributed by atoms with Crippen LogP contribution in [0.2, 0.25) is 5.02 Å². The first kappa shape index (κ1) is 18.5. The van der Waals surface area contributed by atoms with Gasteiger partial charge in [-0.1, -0.05) is 23.7 Å². The van der Waals surface area contributed by atoms with Crippen molar-refractivity contribution in [3.8, 4) is 5.75 Å². The van der Waals surface area contributed by atoms with Crippen LogP contribution in [0.1, 0.15) is 15.9 Å². The lowest BCUT2D eigenvalue weighted by Crippen LogP contribution is -2.21. The van der Waals surface area contributed by atoms with Gasteiger partial charge in [0.15, 0.2) is 0 Å². The Balaban J connectivity index is 2.05. The van der Waals surface area contributed by atoms with E-state index in [4.69, 9.17) is 16.3 Å². The van der Waals surface area contributed by atoms with E-state index in [2.05, 4.69) is 5.32 Å². The maximum absolute atomic E-state index is 12.1. The quantitative estimate of drug-likeness (QED) is 0.829. The van der Waals surface area contributed by atoms with Gasteiger partial charge in [-0.3, -0.25) is 9.59 Å². The van der Waals surface area contributed by atoms with E-state index in [1.54, 1.807) is 62.6 Å². The van der Waals surface area contributed by atoms with E-state index >= 15 is 0 Å². The molecule has 1 N–H and O–H groups in total. The maximum atomic E-state index is 12.1. The van der Waals surface area contributed by atoms with E-state index < -0.39 is 0 Å². The number of hydrogen-bond acceptors (Lipinski definition) is 3. The van der Waals surface area contributed by atoms with Gasteiger partial charge in [0.25, 0.3) is 5.91 Å². The minimum atomic E-state index is -0.311. The molecule has 0 heterocycles. The number of nitrogens with zero attached hydrogens (tertiary/aromatic N) is 1. The Hall–Kier alpha value is -2.79. The summed E-state index contributed by atoms with van der Waals surface area (Å²) in [7, 11) is 4.92. The minimum Gasteiger partial charge on any atom is -0.495 e. The highest BCUT2D eigenvalue weighted by atomic mass is 35.5. The highest BCUT2D eigenvalue weighted by Crippen LogP contribution is 2.27. The third-order valence-corrected chi connectivity index (χ3v) is 3.65. The van der Waals surface area contributed by atoms with Gasteiger partial charge in [0.05, 0.1) is 12.8 Å². The highest BCUT2D eigenvalue weighted by molar-refractivity contribution is 6.31. The molecule has 0 bridgehead atoms. The van der Waals surface area contributed by atoms with E-state index in [-0.39, 0.29) is 11.8 Å². The van der Waals surface area contributed by atoms with E-state index in [9.17, 15) is 9.59 Å². The maximum Gasteiger partial charge on any atom is 0.253 e. The van der Waals surface area contributed by atoms with Crippen molar-refractivity contribution in [1.82, 2.24) is 4.90 Å². The Kier molecular flexibility index (Phi) is 6.19. The molecule has 0 unspecified atom stereocenters. The molecule has 2 aromatic rings. The molecule has 0 aromatic heterocycles. The molecule has 0 aliphatic rings. The van der Waals surface area contributed by atoms with Gasteiger partial charge < -0.3 is 15.0 Å². The average Bonchev–Trinajstić information content (AvgIpc) is 2.60. The SMILES string of the molecule is COc1ccc(Cl)cc1NC(=O)/C=C/c1ccc(C(=O)N(C)C)cc1. The molecular weight excluding hydrogens is 340 g/mol.